The molecule has 27 heavy (non-hydrogen) atoms. The molecule has 1 saturated carbocycles. The Labute approximate surface area is 163 Å². The van der Waals surface area contributed by atoms with Crippen molar-refractivity contribution in [3.05, 3.63) is 24.5 Å². The van der Waals surface area contributed by atoms with Crippen LogP contribution in [0.4, 0.5) is 0 Å². The minimum atomic E-state index is -0.891. The lowest BCUT2D eigenvalue weighted by Crippen LogP contribution is -2.51. The summed E-state index contributed by atoms with van der Waals surface area (Å²) < 4.78 is 2.12. The minimum absolute atomic E-state index is 0.0112. The lowest BCUT2D eigenvalue weighted by molar-refractivity contribution is -0.121. The van der Waals surface area contributed by atoms with Crippen molar-refractivity contribution in [2.24, 2.45) is 5.92 Å². The van der Waals surface area contributed by atoms with Gasteiger partial charge in [-0.05, 0) is 44.7 Å². The molecule has 1 N–H and O–H groups in total. The van der Waals surface area contributed by atoms with Gasteiger partial charge in [-0.3, -0.25) is 14.3 Å². The zero-order valence-corrected chi connectivity index (χ0v) is 16.8. The van der Waals surface area contributed by atoms with E-state index < -0.39 is 5.54 Å². The average molecular weight is 385 g/mol. The molecule has 142 valence electrons. The zero-order valence-electron chi connectivity index (χ0n) is 16.0. The first kappa shape index (κ1) is 19.4. The summed E-state index contributed by atoms with van der Waals surface area (Å²) in [6, 6.07) is 6.41. The number of pyridine rings is 1. The lowest BCUT2D eigenvalue weighted by atomic mass is 9.90. The van der Waals surface area contributed by atoms with E-state index in [1.54, 1.807) is 19.3 Å². The van der Waals surface area contributed by atoms with Crippen molar-refractivity contribution in [1.29, 1.82) is 5.26 Å². The molecule has 0 radical (unpaired) electrons. The molecule has 0 aliphatic heterocycles. The number of hydrogen-bond acceptors (Lipinski definition) is 6. The third kappa shape index (κ3) is 4.14. The molecule has 2 atom stereocenters. The van der Waals surface area contributed by atoms with Crippen LogP contribution in [0.3, 0.4) is 0 Å². The number of nitriles is 1. The molecule has 7 nitrogen and oxygen atoms in total. The van der Waals surface area contributed by atoms with Crippen LogP contribution in [0.25, 0.3) is 11.4 Å². The second-order valence-electron chi connectivity index (χ2n) is 7.36. The molecule has 8 heteroatoms. The van der Waals surface area contributed by atoms with Crippen LogP contribution in [0.15, 0.2) is 29.7 Å². The van der Waals surface area contributed by atoms with Crippen molar-refractivity contribution >= 4 is 17.7 Å². The summed E-state index contributed by atoms with van der Waals surface area (Å²) in [7, 11) is 0. The van der Waals surface area contributed by atoms with Gasteiger partial charge >= 0.3 is 0 Å². The number of carbonyl (C=O) groups excluding carboxylic acids is 1. The number of carbonyl (C=O) groups is 1. The Morgan fingerprint density at radius 2 is 2.00 bits per heavy atom. The van der Waals surface area contributed by atoms with Crippen LogP contribution in [0, 0.1) is 17.2 Å². The summed E-state index contributed by atoms with van der Waals surface area (Å²) in [6.45, 7) is 7.43. The van der Waals surface area contributed by atoms with E-state index in [2.05, 4.69) is 31.1 Å². The molecule has 1 fully saturated rings. The first-order valence-electron chi connectivity index (χ1n) is 9.11. The van der Waals surface area contributed by atoms with E-state index in [1.165, 1.54) is 11.8 Å². The standard InChI is InChI=1S/C19H24N6OS/c1-12(2)19(4,11-20)22-17(26)13(3)27-18-24-23-16(25(18)15-5-6-15)14-7-9-21-10-8-14/h7-10,12-13,15H,5-6H2,1-4H3,(H,22,26)/t13-,19-/m1/s1. The zero-order chi connectivity index (χ0) is 19.6. The largest absolute Gasteiger partial charge is 0.337 e. The van der Waals surface area contributed by atoms with Crippen LogP contribution in [0.1, 0.15) is 46.6 Å². The summed E-state index contributed by atoms with van der Waals surface area (Å²) in [5.74, 6) is 0.643. The van der Waals surface area contributed by atoms with Crippen LogP contribution in [0.2, 0.25) is 0 Å². The van der Waals surface area contributed by atoms with E-state index in [1.807, 2.05) is 32.9 Å². The molecule has 3 rings (SSSR count). The first-order valence-corrected chi connectivity index (χ1v) is 9.99. The molecule has 0 spiro atoms. The van der Waals surface area contributed by atoms with Gasteiger partial charge in [-0.1, -0.05) is 25.6 Å². The van der Waals surface area contributed by atoms with Crippen LogP contribution in [0.5, 0.6) is 0 Å². The number of amides is 1. The van der Waals surface area contributed by atoms with Crippen LogP contribution >= 0.6 is 11.8 Å². The van der Waals surface area contributed by atoms with E-state index in [0.717, 1.165) is 29.4 Å². The predicted molar refractivity (Wildman–Crippen MR) is 104 cm³/mol. The van der Waals surface area contributed by atoms with Crippen LogP contribution < -0.4 is 5.32 Å². The molecule has 0 bridgehead atoms. The number of nitrogens with zero attached hydrogens (tertiary/aromatic N) is 5. The highest BCUT2D eigenvalue weighted by Gasteiger charge is 2.34. The fourth-order valence-electron chi connectivity index (χ4n) is 2.59. The van der Waals surface area contributed by atoms with Gasteiger partial charge in [0, 0.05) is 24.0 Å². The van der Waals surface area contributed by atoms with Gasteiger partial charge in [-0.15, -0.1) is 10.2 Å². The van der Waals surface area contributed by atoms with Gasteiger partial charge in [0.1, 0.15) is 5.54 Å². The lowest BCUT2D eigenvalue weighted by Gasteiger charge is -2.28. The number of nitrogens with one attached hydrogen (secondary N) is 1. The SMILES string of the molecule is CC(C)[C@@](C)(C#N)NC(=O)[C@@H](C)Sc1nnc(-c2ccncc2)n1C1CC1. The maximum absolute atomic E-state index is 12.7. The fraction of sp³-hybridized carbons (Fsp3) is 0.526. The van der Waals surface area contributed by atoms with Gasteiger partial charge in [0.05, 0.1) is 11.3 Å². The van der Waals surface area contributed by atoms with Gasteiger partial charge in [0.2, 0.25) is 5.91 Å². The normalized spacial score (nSPS) is 17.2. The van der Waals surface area contributed by atoms with Crippen molar-refractivity contribution in [2.45, 2.75) is 62.5 Å². The van der Waals surface area contributed by atoms with Crippen LogP contribution in [-0.2, 0) is 4.79 Å². The highest BCUT2D eigenvalue weighted by Crippen LogP contribution is 2.41. The molecule has 2 aromatic rings. The van der Waals surface area contributed by atoms with E-state index in [0.29, 0.717) is 6.04 Å². The third-order valence-corrected chi connectivity index (χ3v) is 5.99. The molecule has 0 aromatic carbocycles. The summed E-state index contributed by atoms with van der Waals surface area (Å²) in [5.41, 5.74) is 0.0726. The molecular formula is C19H24N6OS. The van der Waals surface area contributed by atoms with Crippen molar-refractivity contribution in [3.8, 4) is 17.5 Å². The minimum Gasteiger partial charge on any atom is -0.337 e. The molecule has 1 aliphatic carbocycles. The van der Waals surface area contributed by atoms with Gasteiger partial charge in [-0.25, -0.2) is 0 Å². The Kier molecular flexibility index (Phi) is 5.51. The highest BCUT2D eigenvalue weighted by atomic mass is 32.2. The number of hydrogen-bond donors (Lipinski definition) is 1. The van der Waals surface area contributed by atoms with E-state index in [9.17, 15) is 10.1 Å². The highest BCUT2D eigenvalue weighted by molar-refractivity contribution is 8.00. The van der Waals surface area contributed by atoms with Crippen molar-refractivity contribution in [3.63, 3.8) is 0 Å². The fourth-order valence-corrected chi connectivity index (χ4v) is 3.51. The molecule has 1 amide bonds. The monoisotopic (exact) mass is 384 g/mol. The van der Waals surface area contributed by atoms with Crippen molar-refractivity contribution < 1.29 is 4.79 Å². The van der Waals surface area contributed by atoms with Gasteiger partial charge in [-0.2, -0.15) is 5.26 Å². The molecule has 0 unspecified atom stereocenters. The summed E-state index contributed by atoms with van der Waals surface area (Å²) in [5, 5.41) is 21.3. The Bertz CT molecular complexity index is 855. The van der Waals surface area contributed by atoms with E-state index in [4.69, 9.17) is 0 Å². The Hall–Kier alpha value is -2.40. The van der Waals surface area contributed by atoms with Crippen molar-refractivity contribution in [1.82, 2.24) is 25.1 Å². The van der Waals surface area contributed by atoms with Crippen LogP contribution in [-0.4, -0.2) is 36.4 Å². The molecule has 1 aliphatic rings. The smallest absolute Gasteiger partial charge is 0.234 e. The number of rotatable bonds is 7. The Morgan fingerprint density at radius 3 is 2.56 bits per heavy atom. The Balaban J connectivity index is 1.79. The predicted octanol–water partition coefficient (Wildman–Crippen LogP) is 3.21. The van der Waals surface area contributed by atoms with Gasteiger partial charge in [0.25, 0.3) is 0 Å². The van der Waals surface area contributed by atoms with Gasteiger partial charge in [0.15, 0.2) is 11.0 Å². The average Bonchev–Trinajstić information content (AvgIpc) is 3.42. The molecule has 2 heterocycles. The maximum Gasteiger partial charge on any atom is 0.234 e. The second kappa shape index (κ2) is 7.69. The number of aromatic nitrogens is 4. The second-order valence-corrected chi connectivity index (χ2v) is 8.67. The molecule has 0 saturated heterocycles. The van der Waals surface area contributed by atoms with Gasteiger partial charge < -0.3 is 5.32 Å². The summed E-state index contributed by atoms with van der Waals surface area (Å²) in [6.07, 6.45) is 5.64. The third-order valence-electron chi connectivity index (χ3n) is 4.94. The van der Waals surface area contributed by atoms with E-state index >= 15 is 0 Å². The maximum atomic E-state index is 12.7. The first-order chi connectivity index (χ1) is 12.9. The summed E-state index contributed by atoms with van der Waals surface area (Å²) >= 11 is 1.38. The quantitative estimate of drug-likeness (QED) is 0.736. The van der Waals surface area contributed by atoms with Crippen molar-refractivity contribution in [2.75, 3.05) is 0 Å². The molecule has 2 aromatic heterocycles. The Morgan fingerprint density at radius 1 is 1.33 bits per heavy atom. The number of thioether (sulfide) groups is 1. The topological polar surface area (TPSA) is 96.5 Å². The summed E-state index contributed by atoms with van der Waals surface area (Å²) in [4.78, 5) is 16.7. The van der Waals surface area contributed by atoms with E-state index in [-0.39, 0.29) is 17.1 Å². The molecular weight excluding hydrogens is 360 g/mol.